The molecule has 0 saturated heterocycles. The molecule has 4 aromatic carbocycles. The van der Waals surface area contributed by atoms with E-state index >= 15 is 0 Å². The van der Waals surface area contributed by atoms with Gasteiger partial charge in [-0.15, -0.1) is 0 Å². The van der Waals surface area contributed by atoms with Gasteiger partial charge in [-0.3, -0.25) is 0 Å². The van der Waals surface area contributed by atoms with Crippen LogP contribution in [0.1, 0.15) is 153 Å². The van der Waals surface area contributed by atoms with Crippen molar-refractivity contribution in [2.75, 3.05) is 13.2 Å². The van der Waals surface area contributed by atoms with Crippen molar-refractivity contribution >= 4 is 11.1 Å². The van der Waals surface area contributed by atoms with Gasteiger partial charge in [-0.1, -0.05) is 176 Å². The molecule has 0 bridgehead atoms. The molecule has 0 atom stereocenters. The van der Waals surface area contributed by atoms with Gasteiger partial charge in [0.25, 0.3) is 0 Å². The van der Waals surface area contributed by atoms with Gasteiger partial charge in [0, 0.05) is 0 Å². The lowest BCUT2D eigenvalue weighted by Gasteiger charge is -2.31. The molecule has 2 saturated carbocycles. The number of hydrogen-bond donors (Lipinski definition) is 0. The highest BCUT2D eigenvalue weighted by Gasteiger charge is 2.26. The third kappa shape index (κ3) is 14.1. The van der Waals surface area contributed by atoms with Crippen molar-refractivity contribution in [2.24, 2.45) is 23.7 Å². The van der Waals surface area contributed by atoms with E-state index in [9.17, 15) is 8.78 Å². The Balaban J connectivity index is 1.14. The van der Waals surface area contributed by atoms with Gasteiger partial charge in [-0.25, -0.2) is 8.78 Å². The Morgan fingerprint density at radius 3 is 1.10 bits per heavy atom. The standard InChI is InChI=1S/C56H72F2O/c1-3-5-7-9-11-13-43-15-19-49(20-16-43)55(51-27-23-45(24-28-51)47-31-35-53(57)36-32-47)39-41-59-42-40-56(50-21-17-44(18-22-50)14-12-10-8-6-4-2)52-29-25-46(26-30-52)48-33-37-54(58)38-34-48/h23-40,43-44,49-50H,3-22,41-42H2,1-2H3. The van der Waals surface area contributed by atoms with Gasteiger partial charge in [-0.05, 0) is 144 Å². The van der Waals surface area contributed by atoms with Crippen molar-refractivity contribution in [1.82, 2.24) is 0 Å². The van der Waals surface area contributed by atoms with Crippen LogP contribution in [0.25, 0.3) is 33.4 Å². The van der Waals surface area contributed by atoms with Crippen molar-refractivity contribution < 1.29 is 13.5 Å². The van der Waals surface area contributed by atoms with Crippen molar-refractivity contribution in [1.29, 1.82) is 0 Å². The smallest absolute Gasteiger partial charge is 0.123 e. The quantitative estimate of drug-likeness (QED) is 0.0720. The number of unbranched alkanes of at least 4 members (excludes halogenated alkanes) is 8. The Kier molecular flexibility index (Phi) is 18.5. The van der Waals surface area contributed by atoms with Crippen molar-refractivity contribution in [3.63, 3.8) is 0 Å². The number of benzene rings is 4. The van der Waals surface area contributed by atoms with Crippen LogP contribution in [0.5, 0.6) is 0 Å². The summed E-state index contributed by atoms with van der Waals surface area (Å²) in [6.07, 6.45) is 31.4. The van der Waals surface area contributed by atoms with Crippen LogP contribution in [0.4, 0.5) is 8.78 Å². The van der Waals surface area contributed by atoms with E-state index < -0.39 is 0 Å². The molecule has 2 fully saturated rings. The molecular weight excluding hydrogens is 727 g/mol. The van der Waals surface area contributed by atoms with Gasteiger partial charge in [0.2, 0.25) is 0 Å². The lowest BCUT2D eigenvalue weighted by atomic mass is 9.75. The summed E-state index contributed by atoms with van der Waals surface area (Å²) in [5.74, 6) is 2.40. The Morgan fingerprint density at radius 1 is 0.441 bits per heavy atom. The first-order valence-electron chi connectivity index (χ1n) is 23.7. The van der Waals surface area contributed by atoms with E-state index in [0.717, 1.165) is 34.1 Å². The molecule has 4 aromatic rings. The molecule has 0 unspecified atom stereocenters. The zero-order valence-electron chi connectivity index (χ0n) is 36.4. The Bertz CT molecular complexity index is 1680. The summed E-state index contributed by atoms with van der Waals surface area (Å²) in [4.78, 5) is 0. The Labute approximate surface area is 356 Å². The maximum atomic E-state index is 13.7. The highest BCUT2D eigenvalue weighted by Crippen LogP contribution is 2.41. The molecule has 0 N–H and O–H groups in total. The SMILES string of the molecule is CCCCCCCC1CCC(C(=CCOCC=C(c2ccc(-c3ccc(F)cc3)cc2)C2CCC(CCCCCCC)CC2)c2ccc(-c3ccc(F)cc3)cc2)CC1. The molecule has 2 aliphatic carbocycles. The second kappa shape index (κ2) is 24.4. The fourth-order valence-corrected chi connectivity index (χ4v) is 10.00. The van der Waals surface area contributed by atoms with Crippen molar-refractivity contribution in [3.05, 3.63) is 132 Å². The zero-order chi connectivity index (χ0) is 41.1. The maximum Gasteiger partial charge on any atom is 0.123 e. The average Bonchev–Trinajstić information content (AvgIpc) is 3.27. The average molecular weight is 799 g/mol. The lowest BCUT2D eigenvalue weighted by Crippen LogP contribution is -2.17. The lowest BCUT2D eigenvalue weighted by molar-refractivity contribution is 0.193. The summed E-state index contributed by atoms with van der Waals surface area (Å²) in [6, 6.07) is 31.4. The monoisotopic (exact) mass is 799 g/mol. The molecular formula is C56H72F2O. The molecule has 2 aliphatic rings. The fraction of sp³-hybridized carbons (Fsp3) is 0.500. The van der Waals surface area contributed by atoms with E-state index in [1.54, 1.807) is 24.3 Å². The van der Waals surface area contributed by atoms with E-state index in [2.05, 4.69) is 74.5 Å². The summed E-state index contributed by atoms with van der Waals surface area (Å²) >= 11 is 0. The first-order chi connectivity index (χ1) is 29.0. The third-order valence-electron chi connectivity index (χ3n) is 13.6. The number of allylic oxidation sites excluding steroid dienone is 2. The molecule has 6 rings (SSSR count). The van der Waals surface area contributed by atoms with Gasteiger partial charge in [0.1, 0.15) is 11.6 Å². The van der Waals surface area contributed by atoms with E-state index in [-0.39, 0.29) is 11.6 Å². The number of ether oxygens (including phenoxy) is 1. The molecule has 0 spiro atoms. The van der Waals surface area contributed by atoms with E-state index in [4.69, 9.17) is 4.74 Å². The van der Waals surface area contributed by atoms with Gasteiger partial charge in [-0.2, -0.15) is 0 Å². The van der Waals surface area contributed by atoms with Gasteiger partial charge >= 0.3 is 0 Å². The van der Waals surface area contributed by atoms with Gasteiger partial charge in [0.15, 0.2) is 0 Å². The predicted molar refractivity (Wildman–Crippen MR) is 248 cm³/mol. The number of hydrogen-bond acceptors (Lipinski definition) is 1. The van der Waals surface area contributed by atoms with Gasteiger partial charge in [0.05, 0.1) is 13.2 Å². The summed E-state index contributed by atoms with van der Waals surface area (Å²) in [6.45, 7) is 5.76. The summed E-state index contributed by atoms with van der Waals surface area (Å²) < 4.78 is 33.8. The summed E-state index contributed by atoms with van der Waals surface area (Å²) in [5.41, 5.74) is 9.70. The Hall–Kier alpha value is -3.82. The Morgan fingerprint density at radius 2 is 0.763 bits per heavy atom. The molecule has 316 valence electrons. The molecule has 0 aromatic heterocycles. The van der Waals surface area contributed by atoms with Crippen molar-refractivity contribution in [2.45, 2.75) is 142 Å². The highest BCUT2D eigenvalue weighted by molar-refractivity contribution is 5.73. The highest BCUT2D eigenvalue weighted by atomic mass is 19.1. The van der Waals surface area contributed by atoms with E-state index in [1.807, 2.05) is 24.3 Å². The van der Waals surface area contributed by atoms with E-state index in [0.29, 0.717) is 25.0 Å². The topological polar surface area (TPSA) is 9.23 Å². The van der Waals surface area contributed by atoms with Crippen LogP contribution in [0, 0.1) is 35.3 Å². The second-order valence-electron chi connectivity index (χ2n) is 17.9. The normalized spacial score (nSPS) is 20.2. The molecule has 0 aliphatic heterocycles. The first kappa shape index (κ1) is 44.7. The molecule has 0 heterocycles. The third-order valence-corrected chi connectivity index (χ3v) is 13.6. The minimum Gasteiger partial charge on any atom is -0.373 e. The van der Waals surface area contributed by atoms with Crippen molar-refractivity contribution in [3.8, 4) is 22.3 Å². The minimum atomic E-state index is -0.204. The first-order valence-corrected chi connectivity index (χ1v) is 23.7. The minimum absolute atomic E-state index is 0.204. The number of halogens is 2. The summed E-state index contributed by atoms with van der Waals surface area (Å²) in [5, 5.41) is 0. The number of rotatable bonds is 22. The van der Waals surface area contributed by atoms with Gasteiger partial charge < -0.3 is 4.74 Å². The maximum absolute atomic E-state index is 13.7. The molecule has 0 radical (unpaired) electrons. The van der Waals surface area contributed by atoms with Crippen LogP contribution in [0.15, 0.2) is 109 Å². The van der Waals surface area contributed by atoms with E-state index in [1.165, 1.54) is 151 Å². The fourth-order valence-electron chi connectivity index (χ4n) is 10.00. The summed E-state index contributed by atoms with van der Waals surface area (Å²) in [7, 11) is 0. The molecule has 0 amide bonds. The van der Waals surface area contributed by atoms with Crippen LogP contribution < -0.4 is 0 Å². The van der Waals surface area contributed by atoms with Crippen LogP contribution >= 0.6 is 0 Å². The van der Waals surface area contributed by atoms with Crippen LogP contribution in [0.3, 0.4) is 0 Å². The molecule has 3 heteroatoms. The largest absolute Gasteiger partial charge is 0.373 e. The van der Waals surface area contributed by atoms with Crippen LogP contribution in [0.2, 0.25) is 0 Å². The van der Waals surface area contributed by atoms with Crippen LogP contribution in [-0.2, 0) is 4.74 Å². The molecule has 59 heavy (non-hydrogen) atoms. The molecule has 1 nitrogen and oxygen atoms in total. The predicted octanol–water partition coefficient (Wildman–Crippen LogP) is 17.1. The second-order valence-corrected chi connectivity index (χ2v) is 17.9. The zero-order valence-corrected chi connectivity index (χ0v) is 36.4. The van der Waals surface area contributed by atoms with Crippen LogP contribution in [-0.4, -0.2) is 13.2 Å².